The summed E-state index contributed by atoms with van der Waals surface area (Å²) in [5.41, 5.74) is 2.60. The lowest BCUT2D eigenvalue weighted by Gasteiger charge is -2.18. The highest BCUT2D eigenvalue weighted by molar-refractivity contribution is 5.69. The van der Waals surface area contributed by atoms with Crippen molar-refractivity contribution in [2.75, 3.05) is 6.61 Å². The van der Waals surface area contributed by atoms with Gasteiger partial charge in [0.2, 0.25) is 0 Å². The van der Waals surface area contributed by atoms with E-state index in [9.17, 15) is 4.79 Å². The fraction of sp³-hybridized carbons (Fsp3) is 0.429. The van der Waals surface area contributed by atoms with Crippen LogP contribution in [0.15, 0.2) is 12.3 Å². The Balaban J connectivity index is 2.54. The van der Waals surface area contributed by atoms with Gasteiger partial charge in [-0.25, -0.2) is 9.80 Å². The number of ether oxygens (including phenoxy) is 1. The second-order valence-electron chi connectivity index (χ2n) is 2.13. The maximum atomic E-state index is 11.1. The monoisotopic (exact) mass is 167 g/mol. The van der Waals surface area contributed by atoms with Gasteiger partial charge in [-0.15, -0.1) is 0 Å². The first-order chi connectivity index (χ1) is 5.79. The molecule has 0 radical (unpaired) electrons. The third kappa shape index (κ3) is 1.48. The van der Waals surface area contributed by atoms with Gasteiger partial charge in [0.25, 0.3) is 0 Å². The summed E-state index contributed by atoms with van der Waals surface area (Å²) < 4.78 is 4.69. The zero-order valence-corrected chi connectivity index (χ0v) is 6.65. The minimum Gasteiger partial charge on any atom is -0.448 e. The van der Waals surface area contributed by atoms with Crippen molar-refractivity contribution in [3.05, 3.63) is 12.3 Å². The van der Waals surface area contributed by atoms with Crippen LogP contribution in [0, 0.1) is 11.3 Å². The predicted molar refractivity (Wildman–Crippen MR) is 40.5 cm³/mol. The molecule has 1 rings (SSSR count). The Kier molecular flexibility index (Phi) is 2.53. The fourth-order valence-electron chi connectivity index (χ4n) is 0.841. The quantitative estimate of drug-likeness (QED) is 0.612. The molecule has 5 heteroatoms. The lowest BCUT2D eigenvalue weighted by Crippen LogP contribution is -2.42. The second kappa shape index (κ2) is 3.62. The summed E-state index contributed by atoms with van der Waals surface area (Å²) in [5, 5.41) is 9.69. The lowest BCUT2D eigenvalue weighted by molar-refractivity contribution is 0.0958. The van der Waals surface area contributed by atoms with Gasteiger partial charge in [-0.3, -0.25) is 5.43 Å². The average molecular weight is 167 g/mol. The van der Waals surface area contributed by atoms with E-state index in [0.717, 1.165) is 5.01 Å². The van der Waals surface area contributed by atoms with E-state index in [-0.39, 0.29) is 0 Å². The molecule has 0 fully saturated rings. The Morgan fingerprint density at radius 1 is 1.92 bits per heavy atom. The van der Waals surface area contributed by atoms with Crippen molar-refractivity contribution >= 4 is 6.09 Å². The lowest BCUT2D eigenvalue weighted by atomic mass is 10.3. The molecule has 0 aromatic carbocycles. The molecule has 0 aromatic heterocycles. The number of hydrogen-bond donors (Lipinski definition) is 1. The third-order valence-electron chi connectivity index (χ3n) is 1.37. The number of amides is 1. The van der Waals surface area contributed by atoms with Crippen molar-refractivity contribution in [1.29, 1.82) is 5.26 Å². The Bertz CT molecular complexity index is 244. The predicted octanol–water partition coefficient (Wildman–Crippen LogP) is 0.369. The minimum absolute atomic E-state index is 0.301. The molecule has 0 aliphatic carbocycles. The molecular weight excluding hydrogens is 158 g/mol. The van der Waals surface area contributed by atoms with E-state index >= 15 is 0 Å². The Morgan fingerprint density at radius 3 is 3.25 bits per heavy atom. The van der Waals surface area contributed by atoms with Crippen molar-refractivity contribution in [1.82, 2.24) is 10.4 Å². The molecule has 0 spiro atoms. The van der Waals surface area contributed by atoms with Crippen LogP contribution in [0.2, 0.25) is 0 Å². The van der Waals surface area contributed by atoms with Crippen LogP contribution in [0.3, 0.4) is 0 Å². The summed E-state index contributed by atoms with van der Waals surface area (Å²) in [5.74, 6) is 0. The molecule has 12 heavy (non-hydrogen) atoms. The first-order valence-electron chi connectivity index (χ1n) is 3.58. The molecule has 0 saturated carbocycles. The van der Waals surface area contributed by atoms with Crippen LogP contribution in [0.4, 0.5) is 4.79 Å². The van der Waals surface area contributed by atoms with Gasteiger partial charge in [0, 0.05) is 6.20 Å². The van der Waals surface area contributed by atoms with Gasteiger partial charge >= 0.3 is 6.09 Å². The highest BCUT2D eigenvalue weighted by atomic mass is 16.6. The molecule has 0 saturated heterocycles. The number of rotatable bonds is 1. The first kappa shape index (κ1) is 8.40. The number of nitrogens with one attached hydrogen (secondary N) is 1. The standard InChI is InChI=1S/C7H9N3O2/c1-2-12-7(11)10-6(5-8)3-4-9-10/h3-4,6,9H,2H2,1H3. The SMILES string of the molecule is CCOC(=O)N1NC=CC1C#N. The molecule has 1 amide bonds. The molecule has 0 aromatic rings. The summed E-state index contributed by atoms with van der Waals surface area (Å²) in [6.07, 6.45) is 2.58. The van der Waals surface area contributed by atoms with E-state index in [4.69, 9.17) is 10.00 Å². The van der Waals surface area contributed by atoms with E-state index in [2.05, 4.69) is 5.43 Å². The maximum Gasteiger partial charge on any atom is 0.430 e. The summed E-state index contributed by atoms with van der Waals surface area (Å²) in [6.45, 7) is 2.01. The van der Waals surface area contributed by atoms with E-state index in [1.807, 2.05) is 6.07 Å². The fourth-order valence-corrected chi connectivity index (χ4v) is 0.841. The van der Waals surface area contributed by atoms with Crippen LogP contribution in [0.5, 0.6) is 0 Å². The summed E-state index contributed by atoms with van der Waals surface area (Å²) in [6, 6.07) is 1.36. The van der Waals surface area contributed by atoms with E-state index in [0.29, 0.717) is 6.61 Å². The summed E-state index contributed by atoms with van der Waals surface area (Å²) in [7, 11) is 0. The largest absolute Gasteiger partial charge is 0.448 e. The van der Waals surface area contributed by atoms with Crippen molar-refractivity contribution in [3.63, 3.8) is 0 Å². The molecule has 1 N–H and O–H groups in total. The molecule has 0 bridgehead atoms. The van der Waals surface area contributed by atoms with Crippen molar-refractivity contribution in [2.24, 2.45) is 0 Å². The third-order valence-corrected chi connectivity index (χ3v) is 1.37. The van der Waals surface area contributed by atoms with Crippen molar-refractivity contribution in [2.45, 2.75) is 13.0 Å². The van der Waals surface area contributed by atoms with Crippen LogP contribution in [0.1, 0.15) is 6.92 Å². The van der Waals surface area contributed by atoms with Crippen LogP contribution in [0.25, 0.3) is 0 Å². The van der Waals surface area contributed by atoms with Crippen LogP contribution in [-0.4, -0.2) is 23.8 Å². The van der Waals surface area contributed by atoms with Gasteiger partial charge < -0.3 is 4.74 Å². The van der Waals surface area contributed by atoms with E-state index < -0.39 is 12.1 Å². The molecule has 64 valence electrons. The topological polar surface area (TPSA) is 65.4 Å². The Morgan fingerprint density at radius 2 is 2.67 bits per heavy atom. The smallest absolute Gasteiger partial charge is 0.430 e. The molecular formula is C7H9N3O2. The highest BCUT2D eigenvalue weighted by Gasteiger charge is 2.25. The molecule has 1 aliphatic rings. The van der Waals surface area contributed by atoms with Gasteiger partial charge in [0.15, 0.2) is 6.04 Å². The van der Waals surface area contributed by atoms with Crippen molar-refractivity contribution in [3.8, 4) is 6.07 Å². The maximum absolute atomic E-state index is 11.1. The van der Waals surface area contributed by atoms with Gasteiger partial charge in [-0.2, -0.15) is 5.26 Å². The van der Waals surface area contributed by atoms with E-state index in [1.165, 1.54) is 6.20 Å². The molecule has 1 unspecified atom stereocenters. The second-order valence-corrected chi connectivity index (χ2v) is 2.13. The summed E-state index contributed by atoms with van der Waals surface area (Å²) >= 11 is 0. The first-order valence-corrected chi connectivity index (χ1v) is 3.58. The molecule has 5 nitrogen and oxygen atoms in total. The van der Waals surface area contributed by atoms with Crippen LogP contribution in [-0.2, 0) is 4.74 Å². The summed E-state index contributed by atoms with van der Waals surface area (Å²) in [4.78, 5) is 11.1. The molecule has 1 heterocycles. The normalized spacial score (nSPS) is 20.0. The number of hydrogen-bond acceptors (Lipinski definition) is 4. The van der Waals surface area contributed by atoms with Gasteiger partial charge in [-0.1, -0.05) is 0 Å². The van der Waals surface area contributed by atoms with Crippen LogP contribution >= 0.6 is 0 Å². The van der Waals surface area contributed by atoms with Crippen molar-refractivity contribution < 1.29 is 9.53 Å². The minimum atomic E-state index is -0.566. The van der Waals surface area contributed by atoms with Gasteiger partial charge in [-0.05, 0) is 13.0 Å². The number of nitriles is 1. The highest BCUT2D eigenvalue weighted by Crippen LogP contribution is 2.05. The number of carbonyl (C=O) groups excluding carboxylic acids is 1. The van der Waals surface area contributed by atoms with Gasteiger partial charge in [0.1, 0.15) is 0 Å². The van der Waals surface area contributed by atoms with Gasteiger partial charge in [0.05, 0.1) is 12.7 Å². The number of nitrogens with zero attached hydrogens (tertiary/aromatic N) is 2. The number of hydrazine groups is 1. The molecule has 1 aliphatic heterocycles. The zero-order chi connectivity index (χ0) is 8.97. The van der Waals surface area contributed by atoms with E-state index in [1.54, 1.807) is 13.0 Å². The Hall–Kier alpha value is -1.70. The average Bonchev–Trinajstić information content (AvgIpc) is 2.51. The number of carbonyl (C=O) groups is 1. The molecule has 1 atom stereocenters. The van der Waals surface area contributed by atoms with Crippen LogP contribution < -0.4 is 5.43 Å². The zero-order valence-electron chi connectivity index (χ0n) is 6.65. The Labute approximate surface area is 70.2 Å².